The molecule has 0 radical (unpaired) electrons. The molecule has 0 saturated carbocycles. The molecule has 0 amide bonds. The van der Waals surface area contributed by atoms with Crippen LogP contribution in [-0.2, 0) is 19.0 Å². The highest BCUT2D eigenvalue weighted by molar-refractivity contribution is 8.00. The number of thiophene rings is 1. The number of rotatable bonds is 3. The van der Waals surface area contributed by atoms with Crippen molar-refractivity contribution >= 4 is 29.2 Å². The Morgan fingerprint density at radius 3 is 2.83 bits per heavy atom. The van der Waals surface area contributed by atoms with E-state index in [9.17, 15) is 13.2 Å². The third kappa shape index (κ3) is 2.89. The van der Waals surface area contributed by atoms with Gasteiger partial charge in [0.15, 0.2) is 0 Å². The molecule has 1 aromatic heterocycles. The van der Waals surface area contributed by atoms with E-state index in [1.54, 1.807) is 0 Å². The van der Waals surface area contributed by atoms with Crippen LogP contribution in [0.15, 0.2) is 58.8 Å². The number of alkyl halides is 3. The summed E-state index contributed by atoms with van der Waals surface area (Å²) in [4.78, 5) is 2.92. The number of hydrogen-bond acceptors (Lipinski definition) is 2. The van der Waals surface area contributed by atoms with Crippen LogP contribution in [0.4, 0.5) is 13.2 Å². The van der Waals surface area contributed by atoms with Crippen LogP contribution in [0.5, 0.6) is 0 Å². The molecule has 0 saturated heterocycles. The maximum absolute atomic E-state index is 13.0. The number of benzene rings is 2. The Bertz CT molecular complexity index is 1170. The number of aryl methyl sites for hydroxylation is 1. The van der Waals surface area contributed by atoms with Crippen molar-refractivity contribution in [1.82, 2.24) is 0 Å². The number of halogens is 3. The van der Waals surface area contributed by atoms with E-state index in [2.05, 4.69) is 35.7 Å². The van der Waals surface area contributed by atoms with Crippen molar-refractivity contribution < 1.29 is 13.2 Å². The smallest absolute Gasteiger partial charge is 0.166 e. The molecule has 3 aliphatic rings. The molecule has 2 aliphatic carbocycles. The number of fused-ring (bicyclic) bond motifs is 8. The van der Waals surface area contributed by atoms with Crippen LogP contribution in [0.1, 0.15) is 56.5 Å². The molecule has 0 bridgehead atoms. The van der Waals surface area contributed by atoms with Gasteiger partial charge in [-0.2, -0.15) is 13.2 Å². The zero-order chi connectivity index (χ0) is 20.5. The van der Waals surface area contributed by atoms with Gasteiger partial charge in [-0.15, -0.1) is 23.1 Å². The lowest BCUT2D eigenvalue weighted by atomic mass is 9.64. The van der Waals surface area contributed by atoms with Gasteiger partial charge in [0.2, 0.25) is 0 Å². The third-order valence-electron chi connectivity index (χ3n) is 6.57. The summed E-state index contributed by atoms with van der Waals surface area (Å²) in [5.74, 6) is 0.992. The van der Waals surface area contributed by atoms with Crippen LogP contribution >= 0.6 is 23.1 Å². The fourth-order valence-corrected chi connectivity index (χ4v) is 7.69. The van der Waals surface area contributed by atoms with Gasteiger partial charge in [0.1, 0.15) is 0 Å². The van der Waals surface area contributed by atoms with Gasteiger partial charge in [-0.3, -0.25) is 0 Å². The molecule has 3 aromatic rings. The average molecular weight is 441 g/mol. The lowest BCUT2D eigenvalue weighted by Crippen LogP contribution is -2.26. The molecule has 5 heteroatoms. The van der Waals surface area contributed by atoms with E-state index in [4.69, 9.17) is 0 Å². The predicted octanol–water partition coefficient (Wildman–Crippen LogP) is 7.67. The summed E-state index contributed by atoms with van der Waals surface area (Å²) in [6.07, 6.45) is 2.94. The minimum absolute atomic E-state index is 0.435. The largest absolute Gasteiger partial charge is 0.416 e. The van der Waals surface area contributed by atoms with Crippen molar-refractivity contribution in [3.8, 4) is 0 Å². The van der Waals surface area contributed by atoms with Gasteiger partial charge in [0.25, 0.3) is 0 Å². The van der Waals surface area contributed by atoms with E-state index in [0.29, 0.717) is 23.5 Å². The Kier molecular flexibility index (Phi) is 4.23. The number of allylic oxidation sites excluding steroid dienone is 1. The SMILES string of the molecule is FC(F)(F)c1cccc(CCC2Cc3ccc4c(c3S2)C2C=Cc3ccsc3C42)c1. The number of thioether (sulfide) groups is 1. The van der Waals surface area contributed by atoms with Crippen molar-refractivity contribution in [2.45, 2.75) is 47.4 Å². The molecule has 2 aromatic carbocycles. The zero-order valence-electron chi connectivity index (χ0n) is 16.1. The van der Waals surface area contributed by atoms with Gasteiger partial charge in [-0.25, -0.2) is 0 Å². The second kappa shape index (κ2) is 6.76. The third-order valence-corrected chi connectivity index (χ3v) is 9.04. The second-order valence-corrected chi connectivity index (χ2v) is 10.6. The lowest BCUT2D eigenvalue weighted by Gasteiger charge is -2.41. The first-order chi connectivity index (χ1) is 14.5. The normalized spacial score (nSPS) is 23.4. The maximum Gasteiger partial charge on any atom is 0.416 e. The van der Waals surface area contributed by atoms with Crippen LogP contribution < -0.4 is 0 Å². The van der Waals surface area contributed by atoms with Crippen molar-refractivity contribution in [2.75, 3.05) is 0 Å². The monoisotopic (exact) mass is 440 g/mol. The molecule has 3 unspecified atom stereocenters. The van der Waals surface area contributed by atoms with Gasteiger partial charge in [-0.1, -0.05) is 42.5 Å². The molecule has 6 rings (SSSR count). The molecule has 2 heterocycles. The Labute approximate surface area is 181 Å². The van der Waals surface area contributed by atoms with Gasteiger partial charge in [0.05, 0.1) is 5.56 Å². The highest BCUT2D eigenvalue weighted by Gasteiger charge is 2.44. The van der Waals surface area contributed by atoms with E-state index in [-0.39, 0.29) is 0 Å². The Hall–Kier alpha value is -1.98. The zero-order valence-corrected chi connectivity index (χ0v) is 17.7. The molecule has 1 aliphatic heterocycles. The van der Waals surface area contributed by atoms with Gasteiger partial charge in [-0.05, 0) is 64.6 Å². The van der Waals surface area contributed by atoms with Gasteiger partial charge in [0, 0.05) is 26.9 Å². The highest BCUT2D eigenvalue weighted by Crippen LogP contribution is 2.60. The summed E-state index contributed by atoms with van der Waals surface area (Å²) >= 11 is 3.80. The molecule has 152 valence electrons. The van der Waals surface area contributed by atoms with Gasteiger partial charge < -0.3 is 0 Å². The summed E-state index contributed by atoms with van der Waals surface area (Å²) in [5.41, 5.74) is 5.97. The van der Waals surface area contributed by atoms with Gasteiger partial charge >= 0.3 is 6.18 Å². The highest BCUT2D eigenvalue weighted by atomic mass is 32.2. The van der Waals surface area contributed by atoms with E-state index >= 15 is 0 Å². The first-order valence-corrected chi connectivity index (χ1v) is 12.0. The molecular formula is C25H19F3S2. The minimum atomic E-state index is -4.27. The van der Waals surface area contributed by atoms with Crippen LogP contribution in [-0.4, -0.2) is 5.25 Å². The topological polar surface area (TPSA) is 0 Å². The Morgan fingerprint density at radius 1 is 1.07 bits per heavy atom. The summed E-state index contributed by atoms with van der Waals surface area (Å²) in [6.45, 7) is 0. The van der Waals surface area contributed by atoms with Crippen LogP contribution in [0, 0.1) is 0 Å². The Balaban J connectivity index is 1.20. The summed E-state index contributed by atoms with van der Waals surface area (Å²) in [6, 6.07) is 12.6. The average Bonchev–Trinajstić information content (AvgIpc) is 3.33. The van der Waals surface area contributed by atoms with Crippen molar-refractivity contribution in [3.63, 3.8) is 0 Å². The van der Waals surface area contributed by atoms with E-state index in [1.807, 2.05) is 29.2 Å². The first-order valence-electron chi connectivity index (χ1n) is 10.2. The summed E-state index contributed by atoms with van der Waals surface area (Å²) in [5, 5.41) is 2.62. The molecular weight excluding hydrogens is 421 g/mol. The van der Waals surface area contributed by atoms with Crippen LogP contribution in [0.25, 0.3) is 6.08 Å². The van der Waals surface area contributed by atoms with E-state index < -0.39 is 11.7 Å². The molecule has 0 spiro atoms. The first kappa shape index (κ1) is 18.8. The van der Waals surface area contributed by atoms with E-state index in [1.165, 1.54) is 44.2 Å². The molecule has 30 heavy (non-hydrogen) atoms. The van der Waals surface area contributed by atoms with Crippen molar-refractivity contribution in [1.29, 1.82) is 0 Å². The molecule has 0 nitrogen and oxygen atoms in total. The Morgan fingerprint density at radius 2 is 1.97 bits per heavy atom. The maximum atomic E-state index is 13.0. The quantitative estimate of drug-likeness (QED) is 0.403. The van der Waals surface area contributed by atoms with Crippen LogP contribution in [0.3, 0.4) is 0 Å². The minimum Gasteiger partial charge on any atom is -0.166 e. The summed E-state index contributed by atoms with van der Waals surface area (Å²) in [7, 11) is 0. The molecule has 0 N–H and O–H groups in total. The molecule has 0 fully saturated rings. The van der Waals surface area contributed by atoms with Crippen molar-refractivity contribution in [3.05, 3.63) is 92.2 Å². The second-order valence-electron chi connectivity index (χ2n) is 8.34. The lowest BCUT2D eigenvalue weighted by molar-refractivity contribution is -0.137. The predicted molar refractivity (Wildman–Crippen MR) is 117 cm³/mol. The van der Waals surface area contributed by atoms with Crippen LogP contribution in [0.2, 0.25) is 0 Å². The summed E-state index contributed by atoms with van der Waals surface area (Å²) < 4.78 is 38.9. The van der Waals surface area contributed by atoms with E-state index in [0.717, 1.165) is 24.5 Å². The standard InChI is InChI=1S/C25H19F3S2/c26-25(27,28)17-3-1-2-14(12-17)4-7-18-13-16-6-9-20-21-19(22(20)24(16)30-18)8-5-15-10-11-29-23(15)21/h1-3,5-6,8-12,18-19,21H,4,7,13H2. The fraction of sp³-hybridized carbons (Fsp3) is 0.280. The molecule has 3 atom stereocenters. The fourth-order valence-electron chi connectivity index (χ4n) is 5.12. The number of hydrogen-bond donors (Lipinski definition) is 0. The van der Waals surface area contributed by atoms with Crippen molar-refractivity contribution in [2.24, 2.45) is 0 Å².